The smallest absolute Gasteiger partial charge is 0.306 e. The number of amides is 1. The Balaban J connectivity index is 5.31. The highest BCUT2D eigenvalue weighted by atomic mass is 31.2. The molecule has 0 bridgehead atoms. The summed E-state index contributed by atoms with van der Waals surface area (Å²) in [5.74, 6) is -0.548. The van der Waals surface area contributed by atoms with Crippen molar-refractivity contribution < 1.29 is 37.3 Å². The third kappa shape index (κ3) is 52.6. The van der Waals surface area contributed by atoms with Crippen LogP contribution in [0.25, 0.3) is 0 Å². The summed E-state index contributed by atoms with van der Waals surface area (Å²) in [6.07, 6.45) is 62.1. The lowest BCUT2D eigenvalue weighted by molar-refractivity contribution is -0.870. The Morgan fingerprint density at radius 2 is 0.859 bits per heavy atom. The second kappa shape index (κ2) is 51.5. The van der Waals surface area contributed by atoms with Crippen LogP contribution in [0.2, 0.25) is 0 Å². The van der Waals surface area contributed by atoms with Crippen molar-refractivity contribution in [2.24, 2.45) is 0 Å². The van der Waals surface area contributed by atoms with Gasteiger partial charge >= 0.3 is 5.97 Å². The number of rotatable bonds is 54. The van der Waals surface area contributed by atoms with Crippen LogP contribution in [0.15, 0.2) is 48.6 Å². The van der Waals surface area contributed by atoms with Gasteiger partial charge in [0.15, 0.2) is 0 Å². The first kappa shape index (κ1) is 69.0. The van der Waals surface area contributed by atoms with Crippen molar-refractivity contribution in [3.05, 3.63) is 48.6 Å². The number of hydrogen-bond donors (Lipinski definition) is 1. The van der Waals surface area contributed by atoms with Gasteiger partial charge in [0.1, 0.15) is 19.3 Å². The van der Waals surface area contributed by atoms with E-state index < -0.39 is 20.0 Å². The molecule has 0 aromatic heterocycles. The number of nitrogens with zero attached hydrogens (tertiary/aromatic N) is 1. The van der Waals surface area contributed by atoms with Gasteiger partial charge in [0.2, 0.25) is 5.91 Å². The van der Waals surface area contributed by atoms with Gasteiger partial charge in [-0.05, 0) is 70.3 Å². The van der Waals surface area contributed by atoms with Crippen LogP contribution in [0.4, 0.5) is 0 Å². The lowest BCUT2D eigenvalue weighted by atomic mass is 10.0. The molecule has 0 rings (SSSR count). The molecule has 0 saturated carbocycles. The lowest BCUT2D eigenvalue weighted by Gasteiger charge is -2.30. The van der Waals surface area contributed by atoms with E-state index in [9.17, 15) is 19.0 Å². The number of quaternary nitrogens is 1. The Morgan fingerprint density at radius 1 is 0.493 bits per heavy atom. The van der Waals surface area contributed by atoms with Gasteiger partial charge in [0.25, 0.3) is 7.82 Å². The molecule has 71 heavy (non-hydrogen) atoms. The molecule has 3 atom stereocenters. The minimum absolute atomic E-state index is 0.0236. The Labute approximate surface area is 439 Å². The van der Waals surface area contributed by atoms with E-state index in [2.05, 4.69) is 62.5 Å². The SMILES string of the molecule is CCCCC/C=C\C/C=C\C/C=C\CCCCCCCCC(=O)OC(/C=C/CCCCCCCCCCCC)C(COP(=O)([O-])OCC[N+](C)(C)C)NC(=O)CCCCCCCCCCCCCCCC. The quantitative estimate of drug-likeness (QED) is 0.0212. The summed E-state index contributed by atoms with van der Waals surface area (Å²) in [5.41, 5.74) is 0. The third-order valence-electron chi connectivity index (χ3n) is 13.3. The van der Waals surface area contributed by atoms with Crippen molar-refractivity contribution in [1.29, 1.82) is 0 Å². The van der Waals surface area contributed by atoms with Crippen molar-refractivity contribution in [2.75, 3.05) is 40.9 Å². The van der Waals surface area contributed by atoms with E-state index in [-0.39, 0.29) is 31.5 Å². The number of carbonyl (C=O) groups is 2. The van der Waals surface area contributed by atoms with Crippen LogP contribution < -0.4 is 10.2 Å². The second-order valence-corrected chi connectivity index (χ2v) is 22.9. The summed E-state index contributed by atoms with van der Waals surface area (Å²) >= 11 is 0. The molecule has 0 aliphatic rings. The molecule has 10 heteroatoms. The van der Waals surface area contributed by atoms with Crippen molar-refractivity contribution in [1.82, 2.24) is 5.32 Å². The zero-order chi connectivity index (χ0) is 52.2. The fourth-order valence-electron chi connectivity index (χ4n) is 8.59. The van der Waals surface area contributed by atoms with E-state index >= 15 is 0 Å². The Bertz CT molecular complexity index is 1360. The number of hydrogen-bond acceptors (Lipinski definition) is 7. The molecule has 0 heterocycles. The molecule has 0 saturated heterocycles. The van der Waals surface area contributed by atoms with E-state index in [1.54, 1.807) is 0 Å². The predicted octanol–water partition coefficient (Wildman–Crippen LogP) is 17.5. The van der Waals surface area contributed by atoms with Crippen LogP contribution in [0.5, 0.6) is 0 Å². The predicted molar refractivity (Wildman–Crippen MR) is 302 cm³/mol. The molecule has 1 amide bonds. The first-order valence-electron chi connectivity index (χ1n) is 29.9. The maximum Gasteiger partial charge on any atom is 0.306 e. The van der Waals surface area contributed by atoms with Gasteiger partial charge in [-0.25, -0.2) is 0 Å². The van der Waals surface area contributed by atoms with Gasteiger partial charge in [0, 0.05) is 12.8 Å². The van der Waals surface area contributed by atoms with Crippen LogP contribution in [0, 0.1) is 0 Å². The fraction of sp³-hybridized carbons (Fsp3) is 0.836. The van der Waals surface area contributed by atoms with Crippen molar-refractivity contribution in [2.45, 2.75) is 290 Å². The van der Waals surface area contributed by atoms with E-state index in [0.29, 0.717) is 17.4 Å². The van der Waals surface area contributed by atoms with Crippen molar-refractivity contribution >= 4 is 19.7 Å². The molecule has 9 nitrogen and oxygen atoms in total. The number of ether oxygens (including phenoxy) is 1. The zero-order valence-corrected chi connectivity index (χ0v) is 48.3. The molecule has 0 radical (unpaired) electrons. The molecule has 0 aliphatic carbocycles. The highest BCUT2D eigenvalue weighted by Gasteiger charge is 2.27. The second-order valence-electron chi connectivity index (χ2n) is 21.5. The number of unbranched alkanes of at least 4 members (excludes halogenated alkanes) is 32. The largest absolute Gasteiger partial charge is 0.756 e. The normalized spacial score (nSPS) is 14.1. The number of likely N-dealkylation sites (N-methyl/N-ethyl adjacent to an activating group) is 1. The van der Waals surface area contributed by atoms with E-state index in [0.717, 1.165) is 83.5 Å². The number of phosphoric acid groups is 1. The first-order chi connectivity index (χ1) is 34.4. The molecule has 0 aliphatic heterocycles. The third-order valence-corrected chi connectivity index (χ3v) is 14.2. The molecule has 416 valence electrons. The highest BCUT2D eigenvalue weighted by molar-refractivity contribution is 7.45. The van der Waals surface area contributed by atoms with Gasteiger partial charge in [-0.15, -0.1) is 0 Å². The lowest BCUT2D eigenvalue weighted by Crippen LogP contribution is -2.47. The minimum Gasteiger partial charge on any atom is -0.756 e. The number of esters is 1. The summed E-state index contributed by atoms with van der Waals surface area (Å²) in [6, 6.07) is -0.890. The molecule has 1 N–H and O–H groups in total. The van der Waals surface area contributed by atoms with Crippen LogP contribution in [0.1, 0.15) is 278 Å². The average molecular weight is 1020 g/mol. The van der Waals surface area contributed by atoms with E-state index in [4.69, 9.17) is 13.8 Å². The fourth-order valence-corrected chi connectivity index (χ4v) is 9.31. The number of carbonyl (C=O) groups excluding carboxylic acids is 2. The maximum absolute atomic E-state index is 13.5. The number of phosphoric ester groups is 1. The van der Waals surface area contributed by atoms with Crippen molar-refractivity contribution in [3.63, 3.8) is 0 Å². The van der Waals surface area contributed by atoms with E-state index in [1.165, 1.54) is 161 Å². The van der Waals surface area contributed by atoms with E-state index in [1.807, 2.05) is 33.3 Å². The topological polar surface area (TPSA) is 114 Å². The highest BCUT2D eigenvalue weighted by Crippen LogP contribution is 2.38. The molecular formula is C61H115N2O7P. The molecular weight excluding hydrogens is 904 g/mol. The van der Waals surface area contributed by atoms with Gasteiger partial charge in [-0.2, -0.15) is 0 Å². The van der Waals surface area contributed by atoms with Gasteiger partial charge in [-0.3, -0.25) is 14.2 Å². The monoisotopic (exact) mass is 1020 g/mol. The standard InChI is InChI=1S/C61H115N2O7P/c1-7-10-13-16-19-22-25-28-30-31-32-33-34-36-39-42-45-48-51-54-61(65)70-59(52-49-46-43-40-37-27-24-21-18-15-12-9-3)58(57-69-71(66,67)68-56-55-63(4,5)6)62-60(64)53-50-47-44-41-38-35-29-26-23-20-17-14-11-8-2/h19,22,28,30,32-33,49,52,58-59H,7-18,20-21,23-27,29,31,34-48,50-51,53-57H2,1-6H3,(H-,62,64,66,67)/b22-19-,30-28-,33-32-,52-49+. The van der Waals surface area contributed by atoms with Gasteiger partial charge in [-0.1, -0.05) is 243 Å². The summed E-state index contributed by atoms with van der Waals surface area (Å²) in [5, 5.41) is 3.02. The molecule has 3 unspecified atom stereocenters. The summed E-state index contributed by atoms with van der Waals surface area (Å²) < 4.78 is 30.3. The van der Waals surface area contributed by atoms with Gasteiger partial charge < -0.3 is 28.5 Å². The summed E-state index contributed by atoms with van der Waals surface area (Å²) in [6.45, 7) is 6.82. The first-order valence-corrected chi connectivity index (χ1v) is 31.4. The summed E-state index contributed by atoms with van der Waals surface area (Å²) in [4.78, 5) is 39.9. The minimum atomic E-state index is -4.69. The Hall–Kier alpha value is -2.03. The average Bonchev–Trinajstić information content (AvgIpc) is 3.33. The Kier molecular flexibility index (Phi) is 50.0. The van der Waals surface area contributed by atoms with Crippen LogP contribution in [-0.4, -0.2) is 69.4 Å². The van der Waals surface area contributed by atoms with Crippen molar-refractivity contribution in [3.8, 4) is 0 Å². The number of allylic oxidation sites excluding steroid dienone is 7. The van der Waals surface area contributed by atoms with Crippen LogP contribution in [-0.2, 0) is 27.9 Å². The van der Waals surface area contributed by atoms with Crippen LogP contribution in [0.3, 0.4) is 0 Å². The number of nitrogens with one attached hydrogen (secondary N) is 1. The molecule has 0 spiro atoms. The molecule has 0 aromatic carbocycles. The summed E-state index contributed by atoms with van der Waals surface area (Å²) in [7, 11) is 1.18. The van der Waals surface area contributed by atoms with Gasteiger partial charge in [0.05, 0.1) is 33.8 Å². The Morgan fingerprint density at radius 3 is 1.31 bits per heavy atom. The zero-order valence-electron chi connectivity index (χ0n) is 47.4. The molecule has 0 fully saturated rings. The van der Waals surface area contributed by atoms with Crippen LogP contribution >= 0.6 is 7.82 Å². The maximum atomic E-state index is 13.5. The molecule has 0 aromatic rings.